The number of benzene rings is 1. The number of hydrogen-bond acceptors (Lipinski definition) is 3. The summed E-state index contributed by atoms with van der Waals surface area (Å²) in [5.41, 5.74) is 0.813. The molecule has 1 aromatic rings. The average molecular weight is 269 g/mol. The van der Waals surface area contributed by atoms with Gasteiger partial charge in [-0.25, -0.2) is 0 Å². The van der Waals surface area contributed by atoms with Gasteiger partial charge in [-0.1, -0.05) is 17.7 Å². The molecule has 1 aliphatic heterocycles. The maximum atomic E-state index is 11.9. The Kier molecular flexibility index (Phi) is 4.44. The molecule has 0 saturated carbocycles. The summed E-state index contributed by atoms with van der Waals surface area (Å²) in [6.07, 6.45) is 1.94. The van der Waals surface area contributed by atoms with Crippen molar-refractivity contribution in [2.75, 3.05) is 13.7 Å². The number of carbonyl (C=O) groups is 1. The molecule has 2 N–H and O–H groups in total. The van der Waals surface area contributed by atoms with E-state index < -0.39 is 0 Å². The molecule has 2 rings (SSSR count). The van der Waals surface area contributed by atoms with Gasteiger partial charge >= 0.3 is 0 Å². The van der Waals surface area contributed by atoms with Crippen molar-refractivity contribution in [2.45, 2.75) is 25.4 Å². The third kappa shape index (κ3) is 2.94. The minimum atomic E-state index is -0.0708. The first-order valence-electron chi connectivity index (χ1n) is 6.05. The summed E-state index contributed by atoms with van der Waals surface area (Å²) in [5, 5.41) is 6.66. The second-order valence-corrected chi connectivity index (χ2v) is 4.69. The maximum absolute atomic E-state index is 11.9. The normalized spacial score (nSPS) is 18.7. The van der Waals surface area contributed by atoms with Crippen LogP contribution < -0.4 is 15.4 Å². The van der Waals surface area contributed by atoms with Crippen LogP contribution in [0.5, 0.6) is 5.75 Å². The van der Waals surface area contributed by atoms with Crippen molar-refractivity contribution in [1.82, 2.24) is 10.6 Å². The molecular weight excluding hydrogens is 252 g/mol. The summed E-state index contributed by atoms with van der Waals surface area (Å²) in [6.45, 7) is 1.30. The number of methoxy groups -OCH3 is 1. The number of rotatable bonds is 4. The van der Waals surface area contributed by atoms with Gasteiger partial charge < -0.3 is 15.4 Å². The van der Waals surface area contributed by atoms with Gasteiger partial charge in [0, 0.05) is 17.1 Å². The summed E-state index contributed by atoms with van der Waals surface area (Å²) in [4.78, 5) is 11.9. The van der Waals surface area contributed by atoms with Crippen LogP contribution in [0, 0.1) is 0 Å². The van der Waals surface area contributed by atoms with Gasteiger partial charge in [0.1, 0.15) is 5.75 Å². The van der Waals surface area contributed by atoms with Crippen molar-refractivity contribution < 1.29 is 9.53 Å². The molecule has 1 fully saturated rings. The van der Waals surface area contributed by atoms with Crippen molar-refractivity contribution in [3.63, 3.8) is 0 Å². The highest BCUT2D eigenvalue weighted by molar-refractivity contribution is 6.31. The predicted octanol–water partition coefficient (Wildman–Crippen LogP) is 1.72. The number of amides is 1. The lowest BCUT2D eigenvalue weighted by Crippen LogP contribution is -2.40. The number of ether oxygens (including phenoxy) is 1. The van der Waals surface area contributed by atoms with Gasteiger partial charge in [0.25, 0.3) is 0 Å². The molecule has 0 aliphatic carbocycles. The van der Waals surface area contributed by atoms with Crippen LogP contribution in [0.25, 0.3) is 0 Å². The minimum absolute atomic E-state index is 0.0227. The molecule has 0 unspecified atom stereocenters. The van der Waals surface area contributed by atoms with Gasteiger partial charge in [-0.05, 0) is 31.5 Å². The minimum Gasteiger partial charge on any atom is -0.496 e. The van der Waals surface area contributed by atoms with E-state index in [2.05, 4.69) is 10.6 Å². The standard InChI is InChI=1S/C13H17ClN2O2/c1-18-12-6-2-4-10(14)9(12)8-16-13(17)11-5-3-7-15-11/h2,4,6,11,15H,3,5,7-8H2,1H3,(H,16,17)/t11-/m0/s1. The lowest BCUT2D eigenvalue weighted by atomic mass is 10.1. The summed E-state index contributed by atoms with van der Waals surface area (Å²) in [7, 11) is 1.59. The zero-order valence-electron chi connectivity index (χ0n) is 10.3. The van der Waals surface area contributed by atoms with Crippen molar-refractivity contribution in [3.05, 3.63) is 28.8 Å². The summed E-state index contributed by atoms with van der Waals surface area (Å²) < 4.78 is 5.23. The molecule has 18 heavy (non-hydrogen) atoms. The van der Waals surface area contributed by atoms with Crippen LogP contribution in [-0.4, -0.2) is 25.6 Å². The number of nitrogens with one attached hydrogen (secondary N) is 2. The Balaban J connectivity index is 1.99. The van der Waals surface area contributed by atoms with Gasteiger partial charge in [-0.2, -0.15) is 0 Å². The maximum Gasteiger partial charge on any atom is 0.237 e. The van der Waals surface area contributed by atoms with Gasteiger partial charge in [-0.3, -0.25) is 4.79 Å². The van der Waals surface area contributed by atoms with Crippen LogP contribution >= 0.6 is 11.6 Å². The van der Waals surface area contributed by atoms with Crippen molar-refractivity contribution in [1.29, 1.82) is 0 Å². The van der Waals surface area contributed by atoms with Crippen LogP contribution in [0.1, 0.15) is 18.4 Å². The molecule has 1 aromatic carbocycles. The van der Waals surface area contributed by atoms with E-state index in [1.807, 2.05) is 12.1 Å². The monoisotopic (exact) mass is 268 g/mol. The highest BCUT2D eigenvalue weighted by Gasteiger charge is 2.22. The Morgan fingerprint density at radius 3 is 3.11 bits per heavy atom. The SMILES string of the molecule is COc1cccc(Cl)c1CNC(=O)[C@@H]1CCCN1. The third-order valence-corrected chi connectivity index (χ3v) is 3.47. The van der Waals surface area contributed by atoms with E-state index in [1.165, 1.54) is 0 Å². The highest BCUT2D eigenvalue weighted by atomic mass is 35.5. The zero-order valence-corrected chi connectivity index (χ0v) is 11.1. The first kappa shape index (κ1) is 13.2. The Bertz CT molecular complexity index is 431. The van der Waals surface area contributed by atoms with Crippen molar-refractivity contribution >= 4 is 17.5 Å². The molecule has 98 valence electrons. The lowest BCUT2D eigenvalue weighted by molar-refractivity contribution is -0.122. The molecular formula is C13H17ClN2O2. The third-order valence-electron chi connectivity index (χ3n) is 3.11. The zero-order chi connectivity index (χ0) is 13.0. The van der Waals surface area contributed by atoms with E-state index in [4.69, 9.17) is 16.3 Å². The molecule has 1 aliphatic rings. The molecule has 1 amide bonds. The molecule has 4 nitrogen and oxygen atoms in total. The topological polar surface area (TPSA) is 50.4 Å². The summed E-state index contributed by atoms with van der Waals surface area (Å²) in [6, 6.07) is 5.38. The van der Waals surface area contributed by atoms with Crippen molar-refractivity contribution in [2.24, 2.45) is 0 Å². The van der Waals surface area contributed by atoms with Crippen LogP contribution in [-0.2, 0) is 11.3 Å². The Morgan fingerprint density at radius 1 is 1.61 bits per heavy atom. The van der Waals surface area contributed by atoms with E-state index in [0.717, 1.165) is 24.9 Å². The first-order valence-corrected chi connectivity index (χ1v) is 6.42. The predicted molar refractivity (Wildman–Crippen MR) is 70.9 cm³/mol. The van der Waals surface area contributed by atoms with E-state index in [9.17, 15) is 4.79 Å². The lowest BCUT2D eigenvalue weighted by Gasteiger charge is -2.14. The molecule has 0 radical (unpaired) electrons. The van der Waals surface area contributed by atoms with E-state index in [-0.39, 0.29) is 11.9 Å². The molecule has 0 aromatic heterocycles. The Morgan fingerprint density at radius 2 is 2.44 bits per heavy atom. The van der Waals surface area contributed by atoms with Crippen LogP contribution in [0.3, 0.4) is 0 Å². The van der Waals surface area contributed by atoms with E-state index in [1.54, 1.807) is 13.2 Å². The van der Waals surface area contributed by atoms with Crippen LogP contribution in [0.4, 0.5) is 0 Å². The number of hydrogen-bond donors (Lipinski definition) is 2. The van der Waals surface area contributed by atoms with Gasteiger partial charge in [-0.15, -0.1) is 0 Å². The largest absolute Gasteiger partial charge is 0.496 e. The van der Waals surface area contributed by atoms with Crippen LogP contribution in [0.15, 0.2) is 18.2 Å². The fraction of sp³-hybridized carbons (Fsp3) is 0.462. The van der Waals surface area contributed by atoms with Gasteiger partial charge in [0.15, 0.2) is 0 Å². The Labute approximate surface area is 112 Å². The summed E-state index contributed by atoms with van der Waals surface area (Å²) >= 11 is 6.10. The second kappa shape index (κ2) is 6.07. The molecule has 1 atom stereocenters. The van der Waals surface area contributed by atoms with Crippen molar-refractivity contribution in [3.8, 4) is 5.75 Å². The molecule has 1 heterocycles. The smallest absolute Gasteiger partial charge is 0.237 e. The van der Waals surface area contributed by atoms with E-state index >= 15 is 0 Å². The van der Waals surface area contributed by atoms with Gasteiger partial charge in [0.2, 0.25) is 5.91 Å². The Hall–Kier alpha value is -1.26. The fourth-order valence-corrected chi connectivity index (χ4v) is 2.34. The summed E-state index contributed by atoms with van der Waals surface area (Å²) in [5.74, 6) is 0.719. The second-order valence-electron chi connectivity index (χ2n) is 4.29. The fourth-order valence-electron chi connectivity index (χ4n) is 2.11. The molecule has 1 saturated heterocycles. The number of carbonyl (C=O) groups excluding carboxylic acids is 1. The molecule has 5 heteroatoms. The molecule has 0 bridgehead atoms. The van der Waals surface area contributed by atoms with Gasteiger partial charge in [0.05, 0.1) is 13.2 Å². The molecule has 0 spiro atoms. The highest BCUT2D eigenvalue weighted by Crippen LogP contribution is 2.25. The number of halogens is 1. The van der Waals surface area contributed by atoms with Crippen LogP contribution in [0.2, 0.25) is 5.02 Å². The quantitative estimate of drug-likeness (QED) is 0.874. The average Bonchev–Trinajstić information content (AvgIpc) is 2.90. The first-order chi connectivity index (χ1) is 8.72. The van der Waals surface area contributed by atoms with E-state index in [0.29, 0.717) is 17.3 Å².